The molecule has 0 aliphatic carbocycles. The predicted molar refractivity (Wildman–Crippen MR) is 54.6 cm³/mol. The molecule has 0 spiro atoms. The maximum absolute atomic E-state index is 9.74. The summed E-state index contributed by atoms with van der Waals surface area (Å²) >= 11 is 0. The fourth-order valence-electron chi connectivity index (χ4n) is 1.22. The summed E-state index contributed by atoms with van der Waals surface area (Å²) in [5.74, 6) is 0. The summed E-state index contributed by atoms with van der Waals surface area (Å²) in [7, 11) is 4.02. The second-order valence-electron chi connectivity index (χ2n) is 3.52. The van der Waals surface area contributed by atoms with Crippen molar-refractivity contribution < 1.29 is 5.11 Å². The van der Waals surface area contributed by atoms with Crippen LogP contribution in [0.15, 0.2) is 30.3 Å². The van der Waals surface area contributed by atoms with E-state index in [1.54, 1.807) is 0 Å². The lowest BCUT2D eigenvalue weighted by Gasteiger charge is -2.14. The van der Waals surface area contributed by atoms with Gasteiger partial charge in [0.05, 0.1) is 6.10 Å². The van der Waals surface area contributed by atoms with Crippen LogP contribution in [0.25, 0.3) is 0 Å². The first-order valence-electron chi connectivity index (χ1n) is 4.58. The van der Waals surface area contributed by atoms with Gasteiger partial charge in [-0.15, -0.1) is 0 Å². The fraction of sp³-hybridized carbons (Fsp3) is 0.455. The first-order valence-corrected chi connectivity index (χ1v) is 4.58. The average molecular weight is 179 g/mol. The first-order chi connectivity index (χ1) is 6.20. The molecular weight excluding hydrogens is 162 g/mol. The van der Waals surface area contributed by atoms with Crippen LogP contribution in [0.3, 0.4) is 0 Å². The van der Waals surface area contributed by atoms with Crippen LogP contribution in [-0.2, 0) is 0 Å². The van der Waals surface area contributed by atoms with Crippen molar-refractivity contribution in [3.05, 3.63) is 35.9 Å². The monoisotopic (exact) mass is 179 g/mol. The van der Waals surface area contributed by atoms with Crippen molar-refractivity contribution >= 4 is 0 Å². The van der Waals surface area contributed by atoms with E-state index < -0.39 is 0 Å². The van der Waals surface area contributed by atoms with Crippen molar-refractivity contribution in [3.8, 4) is 0 Å². The molecule has 0 bridgehead atoms. The summed E-state index contributed by atoms with van der Waals surface area (Å²) in [5.41, 5.74) is 1.00. The smallest absolute Gasteiger partial charge is 0.0802 e. The Bertz CT molecular complexity index is 233. The maximum Gasteiger partial charge on any atom is 0.0802 e. The van der Waals surface area contributed by atoms with Crippen LogP contribution in [-0.4, -0.2) is 30.6 Å². The lowest BCUT2D eigenvalue weighted by Crippen LogP contribution is -2.15. The number of rotatable bonds is 4. The lowest BCUT2D eigenvalue weighted by atomic mass is 10.1. The quantitative estimate of drug-likeness (QED) is 0.760. The molecular formula is C11H17NO. The molecule has 1 aromatic rings. The molecule has 0 saturated heterocycles. The molecule has 72 valence electrons. The van der Waals surface area contributed by atoms with Crippen LogP contribution in [0.5, 0.6) is 0 Å². The summed E-state index contributed by atoms with van der Waals surface area (Å²) in [6, 6.07) is 9.78. The van der Waals surface area contributed by atoms with Crippen LogP contribution in [0.1, 0.15) is 18.1 Å². The van der Waals surface area contributed by atoms with Gasteiger partial charge in [0.15, 0.2) is 0 Å². The van der Waals surface area contributed by atoms with Gasteiger partial charge in [0, 0.05) is 6.54 Å². The van der Waals surface area contributed by atoms with E-state index in [4.69, 9.17) is 0 Å². The normalized spacial score (nSPS) is 13.2. The van der Waals surface area contributed by atoms with Gasteiger partial charge >= 0.3 is 0 Å². The van der Waals surface area contributed by atoms with Gasteiger partial charge in [-0.1, -0.05) is 30.3 Å². The molecule has 1 rings (SSSR count). The zero-order valence-electron chi connectivity index (χ0n) is 8.27. The minimum Gasteiger partial charge on any atom is -0.388 e. The number of benzene rings is 1. The molecule has 1 aromatic carbocycles. The lowest BCUT2D eigenvalue weighted by molar-refractivity contribution is 0.154. The second-order valence-corrected chi connectivity index (χ2v) is 3.52. The molecule has 0 aliphatic heterocycles. The van der Waals surface area contributed by atoms with Gasteiger partial charge in [-0.25, -0.2) is 0 Å². The second kappa shape index (κ2) is 5.00. The highest BCUT2D eigenvalue weighted by Gasteiger charge is 2.06. The van der Waals surface area contributed by atoms with E-state index in [0.29, 0.717) is 0 Å². The first kappa shape index (κ1) is 10.2. The molecule has 1 atom stereocenters. The van der Waals surface area contributed by atoms with Gasteiger partial charge in [-0.05, 0) is 26.1 Å². The molecule has 0 aliphatic rings. The third-order valence-corrected chi connectivity index (χ3v) is 2.03. The van der Waals surface area contributed by atoms with E-state index in [1.165, 1.54) is 0 Å². The van der Waals surface area contributed by atoms with E-state index in [1.807, 2.05) is 44.4 Å². The minimum absolute atomic E-state index is 0.330. The van der Waals surface area contributed by atoms with Crippen molar-refractivity contribution in [2.45, 2.75) is 12.5 Å². The SMILES string of the molecule is CN(C)CC[C@H](O)c1ccccc1. The Balaban J connectivity index is 2.44. The van der Waals surface area contributed by atoms with Gasteiger partial charge in [0.1, 0.15) is 0 Å². The van der Waals surface area contributed by atoms with Crippen LogP contribution >= 0.6 is 0 Å². The Morgan fingerprint density at radius 2 is 1.85 bits per heavy atom. The minimum atomic E-state index is -0.330. The third kappa shape index (κ3) is 3.57. The van der Waals surface area contributed by atoms with Crippen LogP contribution < -0.4 is 0 Å². The zero-order chi connectivity index (χ0) is 9.68. The van der Waals surface area contributed by atoms with E-state index >= 15 is 0 Å². The summed E-state index contributed by atoms with van der Waals surface area (Å²) in [5, 5.41) is 9.74. The number of aliphatic hydroxyl groups is 1. The van der Waals surface area contributed by atoms with Crippen LogP contribution in [0.2, 0.25) is 0 Å². The molecule has 0 unspecified atom stereocenters. The highest BCUT2D eigenvalue weighted by Crippen LogP contribution is 2.15. The van der Waals surface area contributed by atoms with Crippen molar-refractivity contribution in [3.63, 3.8) is 0 Å². The Hall–Kier alpha value is -0.860. The van der Waals surface area contributed by atoms with Gasteiger partial charge < -0.3 is 10.0 Å². The third-order valence-electron chi connectivity index (χ3n) is 2.03. The van der Waals surface area contributed by atoms with E-state index in [0.717, 1.165) is 18.5 Å². The molecule has 0 radical (unpaired) electrons. The summed E-state index contributed by atoms with van der Waals surface area (Å²) < 4.78 is 0. The largest absolute Gasteiger partial charge is 0.388 e. The average Bonchev–Trinajstić information content (AvgIpc) is 2.15. The van der Waals surface area contributed by atoms with Crippen molar-refractivity contribution in [1.29, 1.82) is 0 Å². The van der Waals surface area contributed by atoms with Crippen LogP contribution in [0, 0.1) is 0 Å². The van der Waals surface area contributed by atoms with Gasteiger partial charge in [-0.3, -0.25) is 0 Å². The summed E-state index contributed by atoms with van der Waals surface area (Å²) in [4.78, 5) is 2.08. The fourth-order valence-corrected chi connectivity index (χ4v) is 1.22. The highest BCUT2D eigenvalue weighted by atomic mass is 16.3. The van der Waals surface area contributed by atoms with Crippen molar-refractivity contribution in [2.75, 3.05) is 20.6 Å². The van der Waals surface area contributed by atoms with E-state index in [9.17, 15) is 5.11 Å². The van der Waals surface area contributed by atoms with Gasteiger partial charge in [0.2, 0.25) is 0 Å². The predicted octanol–water partition coefficient (Wildman–Crippen LogP) is 1.67. The summed E-state index contributed by atoms with van der Waals surface area (Å²) in [6.45, 7) is 0.913. The van der Waals surface area contributed by atoms with Gasteiger partial charge in [-0.2, -0.15) is 0 Å². The molecule has 1 N–H and O–H groups in total. The standard InChI is InChI=1S/C11H17NO/c1-12(2)9-8-11(13)10-6-4-3-5-7-10/h3-7,11,13H,8-9H2,1-2H3/t11-/m0/s1. The Morgan fingerprint density at radius 1 is 1.23 bits per heavy atom. The van der Waals surface area contributed by atoms with E-state index in [-0.39, 0.29) is 6.10 Å². The highest BCUT2D eigenvalue weighted by molar-refractivity contribution is 5.17. The maximum atomic E-state index is 9.74. The molecule has 0 heterocycles. The number of hydrogen-bond acceptors (Lipinski definition) is 2. The van der Waals surface area contributed by atoms with Gasteiger partial charge in [0.25, 0.3) is 0 Å². The topological polar surface area (TPSA) is 23.5 Å². The van der Waals surface area contributed by atoms with E-state index in [2.05, 4.69) is 4.90 Å². The van der Waals surface area contributed by atoms with Crippen LogP contribution in [0.4, 0.5) is 0 Å². The number of hydrogen-bond donors (Lipinski definition) is 1. The molecule has 2 nitrogen and oxygen atoms in total. The molecule has 0 fully saturated rings. The molecule has 13 heavy (non-hydrogen) atoms. The molecule has 0 saturated carbocycles. The number of aliphatic hydroxyl groups excluding tert-OH is 1. The molecule has 0 amide bonds. The molecule has 0 aromatic heterocycles. The summed E-state index contributed by atoms with van der Waals surface area (Å²) in [6.07, 6.45) is 0.459. The zero-order valence-corrected chi connectivity index (χ0v) is 8.27. The molecule has 2 heteroatoms. The van der Waals surface area contributed by atoms with Crippen molar-refractivity contribution in [2.24, 2.45) is 0 Å². The Kier molecular flexibility index (Phi) is 3.93. The van der Waals surface area contributed by atoms with Crippen molar-refractivity contribution in [1.82, 2.24) is 4.90 Å². The Morgan fingerprint density at radius 3 is 2.38 bits per heavy atom. The number of nitrogens with zero attached hydrogens (tertiary/aromatic N) is 1. The Labute approximate surface area is 79.8 Å².